The number of nitro benzene ring substituents is 1. The van der Waals surface area contributed by atoms with E-state index in [0.29, 0.717) is 12.3 Å². The molecular weight excluding hydrogens is 392 g/mol. The standard InChI is InChI=1S/C21H24N2O5S/c1-15(2)17-8-6-16(7-9-17)13-22(20-10-11-29(27,28)14-20)21(24)18-4-3-5-19(12-18)23(25)26/h3-9,12,15,20H,10-11,13-14H2,1-2H3. The average Bonchev–Trinajstić information content (AvgIpc) is 3.05. The molecule has 1 atom stereocenters. The number of nitro groups is 1. The van der Waals surface area contributed by atoms with Gasteiger partial charge in [-0.3, -0.25) is 14.9 Å². The average molecular weight is 416 g/mol. The molecule has 0 aromatic heterocycles. The second kappa shape index (κ2) is 8.32. The summed E-state index contributed by atoms with van der Waals surface area (Å²) in [7, 11) is -3.19. The molecule has 1 unspecified atom stereocenters. The third kappa shape index (κ3) is 5.00. The topological polar surface area (TPSA) is 97.6 Å². The molecule has 1 heterocycles. The van der Waals surface area contributed by atoms with Gasteiger partial charge in [0.25, 0.3) is 11.6 Å². The monoisotopic (exact) mass is 416 g/mol. The fourth-order valence-corrected chi connectivity index (χ4v) is 5.24. The van der Waals surface area contributed by atoms with E-state index in [0.717, 1.165) is 5.56 Å². The zero-order chi connectivity index (χ0) is 21.2. The second-order valence-corrected chi connectivity index (χ2v) is 9.92. The Bertz CT molecular complexity index is 1020. The fourth-order valence-electron chi connectivity index (χ4n) is 3.51. The summed E-state index contributed by atoms with van der Waals surface area (Å²) in [6, 6.07) is 13.0. The van der Waals surface area contributed by atoms with E-state index in [9.17, 15) is 23.3 Å². The van der Waals surface area contributed by atoms with Gasteiger partial charge in [-0.25, -0.2) is 8.42 Å². The van der Waals surface area contributed by atoms with Gasteiger partial charge in [-0.15, -0.1) is 0 Å². The highest BCUT2D eigenvalue weighted by Crippen LogP contribution is 2.24. The number of carbonyl (C=O) groups excluding carboxylic acids is 1. The van der Waals surface area contributed by atoms with E-state index < -0.39 is 26.7 Å². The Morgan fingerprint density at radius 3 is 2.45 bits per heavy atom. The quantitative estimate of drug-likeness (QED) is 0.530. The minimum Gasteiger partial charge on any atom is -0.330 e. The van der Waals surface area contributed by atoms with Crippen molar-refractivity contribution < 1.29 is 18.1 Å². The molecule has 0 spiro atoms. The van der Waals surface area contributed by atoms with Crippen LogP contribution in [0.3, 0.4) is 0 Å². The van der Waals surface area contributed by atoms with E-state index in [-0.39, 0.29) is 29.3 Å². The van der Waals surface area contributed by atoms with Crippen molar-refractivity contribution in [2.45, 2.75) is 38.8 Å². The highest BCUT2D eigenvalue weighted by molar-refractivity contribution is 7.91. The Kier molecular flexibility index (Phi) is 6.02. The number of hydrogen-bond donors (Lipinski definition) is 0. The summed E-state index contributed by atoms with van der Waals surface area (Å²) >= 11 is 0. The van der Waals surface area contributed by atoms with Crippen molar-refractivity contribution >= 4 is 21.4 Å². The summed E-state index contributed by atoms with van der Waals surface area (Å²) in [6.45, 7) is 4.44. The number of amides is 1. The molecule has 2 aromatic carbocycles. The van der Waals surface area contributed by atoms with Crippen LogP contribution in [0.1, 0.15) is 47.7 Å². The van der Waals surface area contributed by atoms with Crippen molar-refractivity contribution in [3.05, 3.63) is 75.3 Å². The lowest BCUT2D eigenvalue weighted by Gasteiger charge is -2.28. The maximum atomic E-state index is 13.2. The lowest BCUT2D eigenvalue weighted by atomic mass is 10.0. The van der Waals surface area contributed by atoms with Gasteiger partial charge in [-0.2, -0.15) is 0 Å². The molecule has 1 amide bonds. The maximum absolute atomic E-state index is 13.2. The Hall–Kier alpha value is -2.74. The number of rotatable bonds is 6. The summed E-state index contributed by atoms with van der Waals surface area (Å²) in [4.78, 5) is 25.3. The minimum absolute atomic E-state index is 0.0443. The van der Waals surface area contributed by atoms with Crippen molar-refractivity contribution in [3.8, 4) is 0 Å². The van der Waals surface area contributed by atoms with Crippen LogP contribution in [0.15, 0.2) is 48.5 Å². The van der Waals surface area contributed by atoms with E-state index in [2.05, 4.69) is 13.8 Å². The van der Waals surface area contributed by atoms with E-state index in [1.165, 1.54) is 34.7 Å². The molecule has 0 aliphatic carbocycles. The Morgan fingerprint density at radius 1 is 1.21 bits per heavy atom. The Labute approximate surface area is 170 Å². The van der Waals surface area contributed by atoms with Gasteiger partial charge in [0, 0.05) is 30.3 Å². The number of sulfone groups is 1. The van der Waals surface area contributed by atoms with Crippen molar-refractivity contribution in [3.63, 3.8) is 0 Å². The minimum atomic E-state index is -3.19. The first-order valence-electron chi connectivity index (χ1n) is 9.51. The van der Waals surface area contributed by atoms with Crippen LogP contribution < -0.4 is 0 Å². The summed E-state index contributed by atoms with van der Waals surface area (Å²) < 4.78 is 24.0. The predicted molar refractivity (Wildman–Crippen MR) is 111 cm³/mol. The summed E-state index contributed by atoms with van der Waals surface area (Å²) in [5.41, 5.74) is 2.07. The SMILES string of the molecule is CC(C)c1ccc(CN(C(=O)c2cccc([N+](=O)[O-])c2)C2CCS(=O)(=O)C2)cc1. The number of hydrogen-bond acceptors (Lipinski definition) is 5. The molecule has 1 fully saturated rings. The molecule has 2 aromatic rings. The molecule has 1 saturated heterocycles. The summed E-state index contributed by atoms with van der Waals surface area (Å²) in [5, 5.41) is 11.1. The van der Waals surface area contributed by atoms with Crippen LogP contribution in [0.4, 0.5) is 5.69 Å². The number of nitrogens with zero attached hydrogens (tertiary/aromatic N) is 2. The zero-order valence-electron chi connectivity index (χ0n) is 16.4. The van der Waals surface area contributed by atoms with Gasteiger partial charge >= 0.3 is 0 Å². The van der Waals surface area contributed by atoms with Crippen molar-refractivity contribution in [2.75, 3.05) is 11.5 Å². The molecule has 0 radical (unpaired) electrons. The van der Waals surface area contributed by atoms with Crippen LogP contribution in [0.25, 0.3) is 0 Å². The first-order chi connectivity index (χ1) is 13.7. The van der Waals surface area contributed by atoms with Gasteiger partial charge in [0.15, 0.2) is 9.84 Å². The van der Waals surface area contributed by atoms with E-state index in [1.807, 2.05) is 24.3 Å². The Balaban J connectivity index is 1.91. The molecule has 154 valence electrons. The molecular formula is C21H24N2O5S. The molecule has 3 rings (SSSR count). The number of carbonyl (C=O) groups is 1. The summed E-state index contributed by atoms with van der Waals surface area (Å²) in [6.07, 6.45) is 0.368. The highest BCUT2D eigenvalue weighted by Gasteiger charge is 2.35. The van der Waals surface area contributed by atoms with Gasteiger partial charge in [0.2, 0.25) is 0 Å². The van der Waals surface area contributed by atoms with E-state index in [4.69, 9.17) is 0 Å². The van der Waals surface area contributed by atoms with Crippen molar-refractivity contribution in [2.24, 2.45) is 0 Å². The van der Waals surface area contributed by atoms with Crippen LogP contribution in [0.5, 0.6) is 0 Å². The molecule has 1 aliphatic rings. The third-order valence-corrected chi connectivity index (χ3v) is 6.96. The third-order valence-electron chi connectivity index (χ3n) is 5.21. The van der Waals surface area contributed by atoms with Crippen LogP contribution in [0.2, 0.25) is 0 Å². The maximum Gasteiger partial charge on any atom is 0.270 e. The molecule has 0 saturated carbocycles. The molecule has 8 heteroatoms. The number of benzene rings is 2. The molecule has 0 N–H and O–H groups in total. The molecule has 1 aliphatic heterocycles. The largest absolute Gasteiger partial charge is 0.330 e. The van der Waals surface area contributed by atoms with E-state index in [1.54, 1.807) is 0 Å². The Morgan fingerprint density at radius 2 is 1.90 bits per heavy atom. The summed E-state index contributed by atoms with van der Waals surface area (Å²) in [5.74, 6) is -0.0594. The fraction of sp³-hybridized carbons (Fsp3) is 0.381. The zero-order valence-corrected chi connectivity index (χ0v) is 17.3. The lowest BCUT2D eigenvalue weighted by molar-refractivity contribution is -0.384. The molecule has 0 bridgehead atoms. The smallest absolute Gasteiger partial charge is 0.270 e. The second-order valence-electron chi connectivity index (χ2n) is 7.69. The van der Waals surface area contributed by atoms with Gasteiger partial charge in [-0.05, 0) is 29.5 Å². The van der Waals surface area contributed by atoms with Gasteiger partial charge < -0.3 is 4.90 Å². The lowest BCUT2D eigenvalue weighted by Crippen LogP contribution is -2.40. The van der Waals surface area contributed by atoms with Crippen LogP contribution in [-0.4, -0.2) is 41.7 Å². The van der Waals surface area contributed by atoms with Gasteiger partial charge in [0.1, 0.15) is 0 Å². The molecule has 29 heavy (non-hydrogen) atoms. The first-order valence-corrected chi connectivity index (χ1v) is 11.3. The molecule has 7 nitrogen and oxygen atoms in total. The van der Waals surface area contributed by atoms with Gasteiger partial charge in [-0.1, -0.05) is 44.2 Å². The van der Waals surface area contributed by atoms with Crippen molar-refractivity contribution in [1.82, 2.24) is 4.90 Å². The van der Waals surface area contributed by atoms with Crippen LogP contribution >= 0.6 is 0 Å². The van der Waals surface area contributed by atoms with Crippen LogP contribution in [-0.2, 0) is 16.4 Å². The van der Waals surface area contributed by atoms with Crippen LogP contribution in [0, 0.1) is 10.1 Å². The normalized spacial score (nSPS) is 18.0. The number of non-ortho nitro benzene ring substituents is 1. The van der Waals surface area contributed by atoms with Crippen molar-refractivity contribution in [1.29, 1.82) is 0 Å². The highest BCUT2D eigenvalue weighted by atomic mass is 32.2. The first kappa shape index (κ1) is 21.0. The predicted octanol–water partition coefficient (Wildman–Crippen LogP) is 3.55. The van der Waals surface area contributed by atoms with E-state index >= 15 is 0 Å². The van der Waals surface area contributed by atoms with Gasteiger partial charge in [0.05, 0.1) is 16.4 Å².